The lowest BCUT2D eigenvalue weighted by Gasteiger charge is -2.12. The van der Waals surface area contributed by atoms with Gasteiger partial charge in [0.2, 0.25) is 0 Å². The Morgan fingerprint density at radius 1 is 0.429 bits per heavy atom. The molecule has 4 aromatic heterocycles. The minimum Gasteiger partial charge on any atom is -0.309 e. The first-order valence-corrected chi connectivity index (χ1v) is 18.1. The van der Waals surface area contributed by atoms with Gasteiger partial charge in [-0.1, -0.05) is 121 Å². The van der Waals surface area contributed by atoms with Gasteiger partial charge in [-0.3, -0.25) is 0 Å². The molecule has 0 spiro atoms. The SMILES string of the molecule is c1ccc(-c2nc(-c3ccc(-n4c5ccccc5c5c6sc7ccccc7c6c6ccccc6c54)cc3)c3c(n2)sc2ccccc23)cc1. The molecule has 0 N–H and O–H groups in total. The van der Waals surface area contributed by atoms with Gasteiger partial charge in [-0.2, -0.15) is 0 Å². The molecule has 0 saturated heterocycles. The molecule has 0 aliphatic carbocycles. The maximum Gasteiger partial charge on any atom is 0.161 e. The molecule has 0 fully saturated rings. The Morgan fingerprint density at radius 2 is 1.04 bits per heavy atom. The van der Waals surface area contributed by atoms with Crippen molar-refractivity contribution < 1.29 is 0 Å². The van der Waals surface area contributed by atoms with Gasteiger partial charge in [-0.25, -0.2) is 9.97 Å². The second-order valence-electron chi connectivity index (χ2n) is 12.5. The van der Waals surface area contributed by atoms with E-state index < -0.39 is 0 Å². The molecule has 11 aromatic rings. The van der Waals surface area contributed by atoms with Crippen molar-refractivity contribution in [3.63, 3.8) is 0 Å². The zero-order valence-corrected chi connectivity index (χ0v) is 27.7. The maximum atomic E-state index is 5.24. The second kappa shape index (κ2) is 10.3. The highest BCUT2D eigenvalue weighted by Crippen LogP contribution is 2.48. The zero-order valence-electron chi connectivity index (χ0n) is 26.1. The molecule has 49 heavy (non-hydrogen) atoms. The highest BCUT2D eigenvalue weighted by atomic mass is 32.1. The van der Waals surface area contributed by atoms with Crippen LogP contribution in [0.4, 0.5) is 0 Å². The second-order valence-corrected chi connectivity index (χ2v) is 14.6. The third-order valence-electron chi connectivity index (χ3n) is 9.82. The summed E-state index contributed by atoms with van der Waals surface area (Å²) in [4.78, 5) is 11.3. The van der Waals surface area contributed by atoms with E-state index in [1.54, 1.807) is 11.3 Å². The Bertz CT molecular complexity index is 3090. The predicted molar refractivity (Wildman–Crippen MR) is 211 cm³/mol. The molecular formula is C44H25N3S2. The van der Waals surface area contributed by atoms with E-state index >= 15 is 0 Å². The van der Waals surface area contributed by atoms with Crippen LogP contribution in [0, 0.1) is 0 Å². The molecule has 0 bridgehead atoms. The van der Waals surface area contributed by atoms with Crippen LogP contribution in [0.1, 0.15) is 0 Å². The summed E-state index contributed by atoms with van der Waals surface area (Å²) in [5, 5.41) is 10.2. The summed E-state index contributed by atoms with van der Waals surface area (Å²) in [5.41, 5.74) is 6.65. The van der Waals surface area contributed by atoms with E-state index in [1.807, 2.05) is 29.5 Å². The van der Waals surface area contributed by atoms with Crippen LogP contribution >= 0.6 is 22.7 Å². The molecule has 5 heteroatoms. The van der Waals surface area contributed by atoms with Gasteiger partial charge in [-0.15, -0.1) is 22.7 Å². The van der Waals surface area contributed by atoms with Gasteiger partial charge >= 0.3 is 0 Å². The first-order valence-electron chi connectivity index (χ1n) is 16.4. The molecule has 4 heterocycles. The van der Waals surface area contributed by atoms with E-state index in [-0.39, 0.29) is 0 Å². The van der Waals surface area contributed by atoms with Crippen molar-refractivity contribution in [2.45, 2.75) is 0 Å². The summed E-state index contributed by atoms with van der Waals surface area (Å²) in [6, 6.07) is 54.5. The normalized spacial score (nSPS) is 12.1. The summed E-state index contributed by atoms with van der Waals surface area (Å²) in [7, 11) is 0. The van der Waals surface area contributed by atoms with Crippen LogP contribution in [-0.4, -0.2) is 14.5 Å². The van der Waals surface area contributed by atoms with E-state index in [9.17, 15) is 0 Å². The third-order valence-corrected chi connectivity index (χ3v) is 12.1. The summed E-state index contributed by atoms with van der Waals surface area (Å²) < 4.78 is 6.36. The van der Waals surface area contributed by atoms with Crippen LogP contribution < -0.4 is 0 Å². The number of rotatable bonds is 3. The molecule has 7 aromatic carbocycles. The van der Waals surface area contributed by atoms with Crippen molar-refractivity contribution in [3.05, 3.63) is 152 Å². The lowest BCUT2D eigenvalue weighted by atomic mass is 9.99. The van der Waals surface area contributed by atoms with Gasteiger partial charge in [0, 0.05) is 68.6 Å². The average Bonchev–Trinajstić information content (AvgIpc) is 3.85. The Kier molecular flexibility index (Phi) is 5.70. The molecule has 11 rings (SSSR count). The number of hydrogen-bond donors (Lipinski definition) is 0. The van der Waals surface area contributed by atoms with Crippen molar-refractivity contribution in [1.29, 1.82) is 0 Å². The molecule has 0 amide bonds. The summed E-state index contributed by atoms with van der Waals surface area (Å²) in [6.07, 6.45) is 0. The number of aromatic nitrogens is 3. The zero-order chi connectivity index (χ0) is 32.1. The Labute approximate surface area is 289 Å². The highest BCUT2D eigenvalue weighted by Gasteiger charge is 2.22. The van der Waals surface area contributed by atoms with E-state index in [1.165, 1.54) is 62.8 Å². The maximum absolute atomic E-state index is 5.24. The van der Waals surface area contributed by atoms with E-state index in [0.717, 1.165) is 38.5 Å². The van der Waals surface area contributed by atoms with Gasteiger partial charge < -0.3 is 4.57 Å². The Hall–Kier alpha value is -5.88. The van der Waals surface area contributed by atoms with Crippen molar-refractivity contribution in [1.82, 2.24) is 14.5 Å². The Morgan fingerprint density at radius 3 is 1.82 bits per heavy atom. The number of benzene rings is 7. The molecule has 0 aliphatic heterocycles. The molecule has 0 aliphatic rings. The van der Waals surface area contributed by atoms with Crippen molar-refractivity contribution in [2.24, 2.45) is 0 Å². The molecule has 0 unspecified atom stereocenters. The van der Waals surface area contributed by atoms with Gasteiger partial charge in [0.05, 0.1) is 16.7 Å². The smallest absolute Gasteiger partial charge is 0.161 e. The van der Waals surface area contributed by atoms with Crippen LogP contribution in [0.3, 0.4) is 0 Å². The monoisotopic (exact) mass is 659 g/mol. The lowest BCUT2D eigenvalue weighted by molar-refractivity contribution is 1.18. The predicted octanol–water partition coefficient (Wildman–Crippen LogP) is 12.8. The van der Waals surface area contributed by atoms with Crippen LogP contribution in [0.5, 0.6) is 0 Å². The van der Waals surface area contributed by atoms with Crippen LogP contribution in [0.15, 0.2) is 152 Å². The molecule has 3 nitrogen and oxygen atoms in total. The minimum atomic E-state index is 0.750. The topological polar surface area (TPSA) is 30.7 Å². The first kappa shape index (κ1) is 27.1. The van der Waals surface area contributed by atoms with E-state index in [2.05, 4.69) is 138 Å². The summed E-state index contributed by atoms with van der Waals surface area (Å²) in [6.45, 7) is 0. The molecule has 0 radical (unpaired) electrons. The molecular weight excluding hydrogens is 635 g/mol. The third kappa shape index (κ3) is 3.88. The number of hydrogen-bond acceptors (Lipinski definition) is 4. The van der Waals surface area contributed by atoms with Gasteiger partial charge in [0.25, 0.3) is 0 Å². The number of fused-ring (bicyclic) bond motifs is 13. The van der Waals surface area contributed by atoms with E-state index in [0.29, 0.717) is 0 Å². The average molecular weight is 660 g/mol. The summed E-state index contributed by atoms with van der Waals surface area (Å²) >= 11 is 3.64. The number of nitrogens with zero attached hydrogens (tertiary/aromatic N) is 3. The van der Waals surface area contributed by atoms with Crippen LogP contribution in [0.25, 0.3) is 101 Å². The van der Waals surface area contributed by atoms with Crippen molar-refractivity contribution in [2.75, 3.05) is 0 Å². The molecule has 228 valence electrons. The quantitative estimate of drug-likeness (QED) is 0.189. The fraction of sp³-hybridized carbons (Fsp3) is 0. The lowest BCUT2D eigenvalue weighted by Crippen LogP contribution is -1.96. The first-order chi connectivity index (χ1) is 24.3. The largest absolute Gasteiger partial charge is 0.309 e. The number of para-hydroxylation sites is 1. The number of thiophene rings is 2. The van der Waals surface area contributed by atoms with Gasteiger partial charge in [0.1, 0.15) is 4.83 Å². The molecule has 0 atom stereocenters. The van der Waals surface area contributed by atoms with Gasteiger partial charge in [-0.05, 0) is 35.7 Å². The van der Waals surface area contributed by atoms with Crippen LogP contribution in [-0.2, 0) is 0 Å². The highest BCUT2D eigenvalue weighted by molar-refractivity contribution is 7.27. The molecule has 0 saturated carbocycles. The summed E-state index contributed by atoms with van der Waals surface area (Å²) in [5.74, 6) is 0.750. The fourth-order valence-electron chi connectivity index (χ4n) is 7.71. The van der Waals surface area contributed by atoms with Crippen LogP contribution in [0.2, 0.25) is 0 Å². The van der Waals surface area contributed by atoms with E-state index in [4.69, 9.17) is 9.97 Å². The fourth-order valence-corrected chi connectivity index (χ4v) is 10.1. The van der Waals surface area contributed by atoms with Gasteiger partial charge in [0.15, 0.2) is 5.82 Å². The van der Waals surface area contributed by atoms with Crippen molar-refractivity contribution >= 4 is 95.7 Å². The Balaban J connectivity index is 1.19. The minimum absolute atomic E-state index is 0.750. The standard InChI is InChI=1S/C44H25N3S2/c1-2-12-27(13-3-1)43-45-40(38-33-18-8-11-21-36(33)49-44(38)46-43)26-22-24-28(25-23-26)47-34-19-9-6-16-31(34)39-41(47)30-15-5-4-14-29(30)37-32-17-7-10-20-35(32)48-42(37)39/h1-25H. The van der Waals surface area contributed by atoms with Crippen molar-refractivity contribution in [3.8, 4) is 28.3 Å².